The van der Waals surface area contributed by atoms with Gasteiger partial charge in [0.15, 0.2) is 5.65 Å². The second-order valence-electron chi connectivity index (χ2n) is 2.64. The van der Waals surface area contributed by atoms with Crippen LogP contribution in [0.25, 0.3) is 21.9 Å². The van der Waals surface area contributed by atoms with Crippen molar-refractivity contribution in [3.05, 3.63) is 24.8 Å². The molecule has 0 radical (unpaired) electrons. The summed E-state index contributed by atoms with van der Waals surface area (Å²) in [5, 5.41) is 8.69. The molecule has 3 aromatic rings. The van der Waals surface area contributed by atoms with E-state index in [1.165, 1.54) is 0 Å². The zero-order valence-corrected chi connectivity index (χ0v) is 6.11. The van der Waals surface area contributed by atoms with Crippen LogP contribution >= 0.6 is 0 Å². The summed E-state index contributed by atoms with van der Waals surface area (Å²) in [6.45, 7) is 0. The molecule has 3 aromatic heterocycles. The van der Waals surface area contributed by atoms with E-state index in [-0.39, 0.29) is 0 Å². The van der Waals surface area contributed by atoms with Gasteiger partial charge >= 0.3 is 0 Å². The Labute approximate surface area is 67.2 Å². The Balaban J connectivity index is 2.62. The van der Waals surface area contributed by atoms with Crippen LogP contribution in [0.15, 0.2) is 29.2 Å². The van der Waals surface area contributed by atoms with Crippen molar-refractivity contribution in [2.75, 3.05) is 0 Å². The number of nitrogens with zero attached hydrogens (tertiary/aromatic N) is 2. The van der Waals surface area contributed by atoms with Crippen molar-refractivity contribution in [1.29, 1.82) is 0 Å². The van der Waals surface area contributed by atoms with Crippen LogP contribution in [0.1, 0.15) is 0 Å². The highest BCUT2D eigenvalue weighted by molar-refractivity contribution is 5.89. The zero-order chi connectivity index (χ0) is 7.97. The lowest BCUT2D eigenvalue weighted by molar-refractivity contribution is 0.572. The lowest BCUT2D eigenvalue weighted by Crippen LogP contribution is -1.75. The summed E-state index contributed by atoms with van der Waals surface area (Å²) in [4.78, 5) is 4.29. The Hall–Kier alpha value is -1.84. The Morgan fingerprint density at radius 3 is 3.25 bits per heavy atom. The molecule has 0 saturated heterocycles. The predicted octanol–water partition coefficient (Wildman–Crippen LogP) is 1.70. The topological polar surface area (TPSA) is 54.7 Å². The van der Waals surface area contributed by atoms with Crippen molar-refractivity contribution in [2.24, 2.45) is 0 Å². The smallest absolute Gasteiger partial charge is 0.155 e. The lowest BCUT2D eigenvalue weighted by Gasteiger charge is -1.86. The summed E-state index contributed by atoms with van der Waals surface area (Å²) < 4.78 is 5.01. The molecule has 58 valence electrons. The van der Waals surface area contributed by atoms with Gasteiger partial charge in [-0.15, -0.1) is 0 Å². The largest absolute Gasteiger partial charge is 0.470 e. The minimum absolute atomic E-state index is 0.795. The van der Waals surface area contributed by atoms with E-state index >= 15 is 0 Å². The summed E-state index contributed by atoms with van der Waals surface area (Å²) in [5.74, 6) is 0. The van der Waals surface area contributed by atoms with Gasteiger partial charge in [0.2, 0.25) is 0 Å². The SMILES string of the molecule is c1occ2nc3[nH]ncc3cc12. The molecule has 0 atom stereocenters. The average Bonchev–Trinajstić information content (AvgIpc) is 2.64. The number of aromatic amines is 1. The van der Waals surface area contributed by atoms with E-state index in [1.54, 1.807) is 18.7 Å². The van der Waals surface area contributed by atoms with Gasteiger partial charge in [-0.25, -0.2) is 4.98 Å². The maximum Gasteiger partial charge on any atom is 0.155 e. The fraction of sp³-hybridized carbons (Fsp3) is 0. The van der Waals surface area contributed by atoms with Crippen molar-refractivity contribution >= 4 is 21.9 Å². The Kier molecular flexibility index (Phi) is 0.889. The molecule has 0 aliphatic heterocycles. The minimum Gasteiger partial charge on any atom is -0.470 e. The average molecular weight is 159 g/mol. The molecule has 0 bridgehead atoms. The highest BCUT2D eigenvalue weighted by Gasteiger charge is 2.01. The highest BCUT2D eigenvalue weighted by Crippen LogP contribution is 2.17. The molecule has 0 saturated carbocycles. The number of pyridine rings is 1. The fourth-order valence-electron chi connectivity index (χ4n) is 1.27. The van der Waals surface area contributed by atoms with Crippen LogP contribution in [0.2, 0.25) is 0 Å². The number of H-pyrrole nitrogens is 1. The normalized spacial score (nSPS) is 11.3. The van der Waals surface area contributed by atoms with Gasteiger partial charge in [-0.05, 0) is 6.07 Å². The van der Waals surface area contributed by atoms with E-state index in [1.807, 2.05) is 6.07 Å². The lowest BCUT2D eigenvalue weighted by atomic mass is 10.3. The molecule has 0 spiro atoms. The third-order valence-corrected chi connectivity index (χ3v) is 1.86. The first-order chi connectivity index (χ1) is 5.93. The molecule has 3 heterocycles. The van der Waals surface area contributed by atoms with E-state index < -0.39 is 0 Å². The quantitative estimate of drug-likeness (QED) is 0.543. The van der Waals surface area contributed by atoms with Gasteiger partial charge in [-0.1, -0.05) is 0 Å². The monoisotopic (exact) mass is 159 g/mol. The van der Waals surface area contributed by atoms with Crippen LogP contribution in [0.3, 0.4) is 0 Å². The third-order valence-electron chi connectivity index (χ3n) is 1.86. The number of fused-ring (bicyclic) bond motifs is 2. The Morgan fingerprint density at radius 2 is 2.25 bits per heavy atom. The Bertz CT molecular complexity index is 446. The molecule has 4 heteroatoms. The molecule has 0 aromatic carbocycles. The predicted molar refractivity (Wildman–Crippen MR) is 43.7 cm³/mol. The van der Waals surface area contributed by atoms with Crippen LogP contribution in [0.5, 0.6) is 0 Å². The van der Waals surface area contributed by atoms with E-state index in [9.17, 15) is 0 Å². The Morgan fingerprint density at radius 1 is 1.25 bits per heavy atom. The van der Waals surface area contributed by atoms with E-state index in [2.05, 4.69) is 15.2 Å². The van der Waals surface area contributed by atoms with Crippen molar-refractivity contribution in [1.82, 2.24) is 15.2 Å². The van der Waals surface area contributed by atoms with Crippen LogP contribution in [-0.2, 0) is 0 Å². The summed E-state index contributed by atoms with van der Waals surface area (Å²) >= 11 is 0. The van der Waals surface area contributed by atoms with Gasteiger partial charge in [0, 0.05) is 10.8 Å². The molecule has 12 heavy (non-hydrogen) atoms. The molecule has 0 fully saturated rings. The first-order valence-electron chi connectivity index (χ1n) is 3.59. The summed E-state index contributed by atoms with van der Waals surface area (Å²) in [6.07, 6.45) is 5.04. The van der Waals surface area contributed by atoms with Crippen molar-refractivity contribution in [3.8, 4) is 0 Å². The standard InChI is InChI=1S/C8H5N3O/c1-5-2-9-11-8(5)10-7-4-12-3-6(1)7/h1-4H,(H,10,11). The number of hydrogen-bond donors (Lipinski definition) is 1. The molecular weight excluding hydrogens is 154 g/mol. The van der Waals surface area contributed by atoms with Gasteiger partial charge in [-0.3, -0.25) is 5.10 Å². The number of hydrogen-bond acceptors (Lipinski definition) is 3. The van der Waals surface area contributed by atoms with Crippen molar-refractivity contribution in [3.63, 3.8) is 0 Å². The first kappa shape index (κ1) is 5.77. The first-order valence-corrected chi connectivity index (χ1v) is 3.59. The molecule has 0 aliphatic carbocycles. The molecule has 0 unspecified atom stereocenters. The molecule has 1 N–H and O–H groups in total. The van der Waals surface area contributed by atoms with E-state index in [0.717, 1.165) is 21.9 Å². The highest BCUT2D eigenvalue weighted by atomic mass is 16.3. The second kappa shape index (κ2) is 1.85. The summed E-state index contributed by atoms with van der Waals surface area (Å²) in [5.41, 5.74) is 1.65. The van der Waals surface area contributed by atoms with Gasteiger partial charge in [0.25, 0.3) is 0 Å². The van der Waals surface area contributed by atoms with Crippen LogP contribution in [-0.4, -0.2) is 15.2 Å². The molecular formula is C8H5N3O. The van der Waals surface area contributed by atoms with Gasteiger partial charge in [0.05, 0.1) is 12.5 Å². The number of aromatic nitrogens is 3. The minimum atomic E-state index is 0.795. The van der Waals surface area contributed by atoms with Crippen molar-refractivity contribution < 1.29 is 4.42 Å². The zero-order valence-electron chi connectivity index (χ0n) is 6.11. The maximum atomic E-state index is 5.01. The molecule has 3 rings (SSSR count). The molecule has 0 amide bonds. The van der Waals surface area contributed by atoms with Crippen LogP contribution < -0.4 is 0 Å². The van der Waals surface area contributed by atoms with E-state index in [0.29, 0.717) is 0 Å². The second-order valence-corrected chi connectivity index (χ2v) is 2.64. The van der Waals surface area contributed by atoms with Crippen LogP contribution in [0, 0.1) is 0 Å². The number of rotatable bonds is 0. The molecule has 4 nitrogen and oxygen atoms in total. The van der Waals surface area contributed by atoms with Crippen LogP contribution in [0.4, 0.5) is 0 Å². The maximum absolute atomic E-state index is 5.01. The van der Waals surface area contributed by atoms with Gasteiger partial charge in [-0.2, -0.15) is 5.10 Å². The van der Waals surface area contributed by atoms with Crippen molar-refractivity contribution in [2.45, 2.75) is 0 Å². The summed E-state index contributed by atoms with van der Waals surface area (Å²) in [7, 11) is 0. The summed E-state index contributed by atoms with van der Waals surface area (Å²) in [6, 6.07) is 1.99. The fourth-order valence-corrected chi connectivity index (χ4v) is 1.27. The van der Waals surface area contributed by atoms with Gasteiger partial charge in [0.1, 0.15) is 11.8 Å². The molecule has 0 aliphatic rings. The number of furan rings is 1. The van der Waals surface area contributed by atoms with E-state index in [4.69, 9.17) is 4.42 Å². The third kappa shape index (κ3) is 0.611. The number of nitrogens with one attached hydrogen (secondary N) is 1. The van der Waals surface area contributed by atoms with Gasteiger partial charge < -0.3 is 4.42 Å².